The molecule has 14 heavy (non-hydrogen) atoms. The van der Waals surface area contributed by atoms with Crippen molar-refractivity contribution in [1.29, 1.82) is 0 Å². The molecule has 0 radical (unpaired) electrons. The zero-order valence-corrected chi connectivity index (χ0v) is 7.76. The maximum atomic E-state index is 11.6. The van der Waals surface area contributed by atoms with Crippen LogP contribution in [0.25, 0.3) is 11.2 Å². The van der Waals surface area contributed by atoms with Gasteiger partial charge in [0, 0.05) is 7.05 Å². The second-order valence-electron chi connectivity index (χ2n) is 2.75. The summed E-state index contributed by atoms with van der Waals surface area (Å²) in [5, 5.41) is 0. The summed E-state index contributed by atoms with van der Waals surface area (Å²) in [4.78, 5) is 23.4. The highest BCUT2D eigenvalue weighted by Crippen LogP contribution is 2.06. The highest BCUT2D eigenvalue weighted by atomic mass is 16.5. The second kappa shape index (κ2) is 3.06. The number of methoxy groups -OCH3 is 1. The van der Waals surface area contributed by atoms with E-state index < -0.39 is 0 Å². The Labute approximate surface area is 79.2 Å². The van der Waals surface area contributed by atoms with Crippen molar-refractivity contribution in [1.82, 2.24) is 19.5 Å². The van der Waals surface area contributed by atoms with Gasteiger partial charge in [-0.2, -0.15) is 0 Å². The lowest BCUT2D eigenvalue weighted by Crippen LogP contribution is -2.18. The van der Waals surface area contributed by atoms with Gasteiger partial charge in [0.2, 0.25) is 5.88 Å². The van der Waals surface area contributed by atoms with Gasteiger partial charge in [0.25, 0.3) is 5.56 Å². The molecule has 0 aliphatic heterocycles. The molecule has 0 bridgehead atoms. The van der Waals surface area contributed by atoms with E-state index in [9.17, 15) is 4.79 Å². The first-order valence-corrected chi connectivity index (χ1v) is 3.95. The Morgan fingerprint density at radius 1 is 1.43 bits per heavy atom. The Bertz CT molecular complexity index is 534. The number of fused-ring (bicyclic) bond motifs is 1. The highest BCUT2D eigenvalue weighted by molar-refractivity contribution is 5.67. The van der Waals surface area contributed by atoms with E-state index in [2.05, 4.69) is 15.0 Å². The molecule has 2 aromatic rings. The summed E-state index contributed by atoms with van der Waals surface area (Å²) in [6, 6.07) is 0. The maximum Gasteiger partial charge on any atom is 0.281 e. The summed E-state index contributed by atoms with van der Waals surface area (Å²) in [5.41, 5.74) is 0.310. The lowest BCUT2D eigenvalue weighted by molar-refractivity contribution is 0.397. The van der Waals surface area contributed by atoms with E-state index in [1.165, 1.54) is 24.2 Å². The molecule has 2 aromatic heterocycles. The molecule has 0 amide bonds. The minimum Gasteiger partial charge on any atom is -0.480 e. The Hall–Kier alpha value is -1.98. The molecule has 0 saturated heterocycles. The van der Waals surface area contributed by atoms with Gasteiger partial charge >= 0.3 is 0 Å². The lowest BCUT2D eigenvalue weighted by Gasteiger charge is -2.00. The van der Waals surface area contributed by atoms with Gasteiger partial charge in [-0.25, -0.2) is 15.0 Å². The third-order valence-electron chi connectivity index (χ3n) is 1.82. The summed E-state index contributed by atoms with van der Waals surface area (Å²) in [7, 11) is 3.08. The van der Waals surface area contributed by atoms with Crippen LogP contribution in [0.5, 0.6) is 5.88 Å². The number of ether oxygens (including phenoxy) is 1. The molecule has 0 saturated carbocycles. The molecule has 2 heterocycles. The minimum atomic E-state index is -0.235. The summed E-state index contributed by atoms with van der Waals surface area (Å²) in [6.45, 7) is 0. The molecular formula is C8H8N4O2. The number of nitrogens with zero attached hydrogens (tertiary/aromatic N) is 4. The Morgan fingerprint density at radius 2 is 2.21 bits per heavy atom. The van der Waals surface area contributed by atoms with Crippen LogP contribution in [0, 0.1) is 0 Å². The molecule has 6 heteroatoms. The van der Waals surface area contributed by atoms with Crippen molar-refractivity contribution < 1.29 is 4.74 Å². The number of aromatic nitrogens is 4. The van der Waals surface area contributed by atoms with Gasteiger partial charge in [-0.3, -0.25) is 4.79 Å². The Morgan fingerprint density at radius 3 is 2.93 bits per heavy atom. The topological polar surface area (TPSA) is 69.9 Å². The van der Waals surface area contributed by atoms with Crippen LogP contribution in [0.2, 0.25) is 0 Å². The van der Waals surface area contributed by atoms with Crippen LogP contribution in [-0.4, -0.2) is 26.6 Å². The van der Waals surface area contributed by atoms with E-state index in [0.717, 1.165) is 0 Å². The molecule has 0 spiro atoms. The molecule has 0 unspecified atom stereocenters. The molecule has 72 valence electrons. The largest absolute Gasteiger partial charge is 0.480 e. The van der Waals surface area contributed by atoms with Crippen LogP contribution in [-0.2, 0) is 7.05 Å². The van der Waals surface area contributed by atoms with E-state index in [4.69, 9.17) is 4.74 Å². The normalized spacial score (nSPS) is 10.4. The smallest absolute Gasteiger partial charge is 0.281 e. The van der Waals surface area contributed by atoms with Gasteiger partial charge < -0.3 is 9.30 Å². The fourth-order valence-electron chi connectivity index (χ4n) is 1.06. The molecule has 0 aromatic carbocycles. The first kappa shape index (κ1) is 8.61. The third kappa shape index (κ3) is 1.20. The Kier molecular flexibility index (Phi) is 1.88. The summed E-state index contributed by atoms with van der Waals surface area (Å²) in [5.74, 6) is 0.308. The average molecular weight is 192 g/mol. The second-order valence-corrected chi connectivity index (χ2v) is 2.75. The van der Waals surface area contributed by atoms with Gasteiger partial charge in [-0.15, -0.1) is 0 Å². The SMILES string of the molecule is COc1cnc2ncn(C)c(=O)c2n1. The predicted molar refractivity (Wildman–Crippen MR) is 49.1 cm³/mol. The van der Waals surface area contributed by atoms with Crippen molar-refractivity contribution >= 4 is 11.2 Å². The fourth-order valence-corrected chi connectivity index (χ4v) is 1.06. The number of hydrogen-bond acceptors (Lipinski definition) is 5. The van der Waals surface area contributed by atoms with Crippen LogP contribution in [0.15, 0.2) is 17.3 Å². The van der Waals surface area contributed by atoms with Crippen LogP contribution < -0.4 is 10.3 Å². The molecule has 6 nitrogen and oxygen atoms in total. The highest BCUT2D eigenvalue weighted by Gasteiger charge is 2.05. The number of hydrogen-bond donors (Lipinski definition) is 0. The average Bonchev–Trinajstić information content (AvgIpc) is 2.23. The van der Waals surface area contributed by atoms with E-state index in [-0.39, 0.29) is 11.1 Å². The van der Waals surface area contributed by atoms with Crippen LogP contribution >= 0.6 is 0 Å². The predicted octanol–water partition coefficient (Wildman–Crippen LogP) is -0.268. The molecule has 0 fully saturated rings. The molecule has 0 aliphatic rings. The zero-order valence-electron chi connectivity index (χ0n) is 7.76. The quantitative estimate of drug-likeness (QED) is 0.622. The van der Waals surface area contributed by atoms with Gasteiger partial charge in [-0.1, -0.05) is 0 Å². The zero-order chi connectivity index (χ0) is 10.1. The summed E-state index contributed by atoms with van der Waals surface area (Å²) < 4.78 is 6.21. The molecular weight excluding hydrogens is 184 g/mol. The van der Waals surface area contributed by atoms with Crippen LogP contribution in [0.1, 0.15) is 0 Å². The first-order valence-electron chi connectivity index (χ1n) is 3.95. The standard InChI is InChI=1S/C8H8N4O2/c1-12-4-10-7-6(8(12)13)11-5(14-2)3-9-7/h3-4H,1-2H3. The van der Waals surface area contributed by atoms with Crippen molar-refractivity contribution in [2.45, 2.75) is 0 Å². The van der Waals surface area contributed by atoms with Crippen molar-refractivity contribution in [3.63, 3.8) is 0 Å². The minimum absolute atomic E-state index is 0.217. The molecule has 0 atom stereocenters. The lowest BCUT2D eigenvalue weighted by atomic mass is 10.5. The number of aryl methyl sites for hydroxylation is 1. The van der Waals surface area contributed by atoms with E-state index in [1.807, 2.05) is 0 Å². The van der Waals surface area contributed by atoms with E-state index in [0.29, 0.717) is 11.5 Å². The molecule has 2 rings (SSSR count). The maximum absolute atomic E-state index is 11.6. The van der Waals surface area contributed by atoms with Crippen LogP contribution in [0.3, 0.4) is 0 Å². The van der Waals surface area contributed by atoms with Gasteiger partial charge in [0.1, 0.15) is 0 Å². The van der Waals surface area contributed by atoms with Crippen molar-refractivity contribution in [3.05, 3.63) is 22.9 Å². The first-order chi connectivity index (χ1) is 6.72. The van der Waals surface area contributed by atoms with Gasteiger partial charge in [0.15, 0.2) is 11.2 Å². The summed E-state index contributed by atoms with van der Waals surface area (Å²) in [6.07, 6.45) is 2.83. The Balaban J connectivity index is 2.85. The van der Waals surface area contributed by atoms with E-state index in [1.54, 1.807) is 7.05 Å². The monoisotopic (exact) mass is 192 g/mol. The number of rotatable bonds is 1. The van der Waals surface area contributed by atoms with Crippen LogP contribution in [0.4, 0.5) is 0 Å². The van der Waals surface area contributed by atoms with Gasteiger partial charge in [-0.05, 0) is 0 Å². The summed E-state index contributed by atoms with van der Waals surface area (Å²) >= 11 is 0. The molecule has 0 aliphatic carbocycles. The van der Waals surface area contributed by atoms with Gasteiger partial charge in [0.05, 0.1) is 19.6 Å². The van der Waals surface area contributed by atoms with Crippen molar-refractivity contribution in [3.8, 4) is 5.88 Å². The van der Waals surface area contributed by atoms with Crippen molar-refractivity contribution in [2.75, 3.05) is 7.11 Å². The fraction of sp³-hybridized carbons (Fsp3) is 0.250. The molecule has 0 N–H and O–H groups in total. The van der Waals surface area contributed by atoms with E-state index >= 15 is 0 Å². The third-order valence-corrected chi connectivity index (χ3v) is 1.82. The van der Waals surface area contributed by atoms with Crippen molar-refractivity contribution in [2.24, 2.45) is 7.05 Å².